The number of rotatable bonds is 4. The molecule has 0 aliphatic heterocycles. The van der Waals surface area contributed by atoms with E-state index in [4.69, 9.17) is 5.84 Å². The number of halogens is 2. The summed E-state index contributed by atoms with van der Waals surface area (Å²) in [5.41, 5.74) is 3.85. The van der Waals surface area contributed by atoms with Gasteiger partial charge in [0.15, 0.2) is 0 Å². The zero-order valence-electron chi connectivity index (χ0n) is 9.77. The number of benzene rings is 1. The Hall–Kier alpha value is -1.31. The van der Waals surface area contributed by atoms with Crippen LogP contribution in [-0.4, -0.2) is 15.0 Å². The highest BCUT2D eigenvalue weighted by atomic mass is 79.9. The third-order valence-corrected chi connectivity index (χ3v) is 3.30. The average Bonchev–Trinajstić information content (AvgIpc) is 2.73. The van der Waals surface area contributed by atoms with E-state index < -0.39 is 0 Å². The van der Waals surface area contributed by atoms with Crippen LogP contribution in [-0.2, 0) is 13.5 Å². The number of hydrogen-bond donors (Lipinski definition) is 2. The molecule has 0 aliphatic carbocycles. The molecule has 2 aromatic rings. The lowest BCUT2D eigenvalue weighted by molar-refractivity contribution is 0.504. The fourth-order valence-electron chi connectivity index (χ4n) is 1.79. The summed E-state index contributed by atoms with van der Waals surface area (Å²) in [6.07, 6.45) is 2.24. The van der Waals surface area contributed by atoms with E-state index in [1.165, 1.54) is 6.07 Å². The van der Waals surface area contributed by atoms with Crippen molar-refractivity contribution in [2.24, 2.45) is 12.9 Å². The second-order valence-corrected chi connectivity index (χ2v) is 4.80. The maximum Gasteiger partial charge on any atom is 0.129 e. The maximum absolute atomic E-state index is 13.8. The van der Waals surface area contributed by atoms with Gasteiger partial charge in [0.25, 0.3) is 0 Å². The van der Waals surface area contributed by atoms with E-state index >= 15 is 0 Å². The van der Waals surface area contributed by atoms with Crippen LogP contribution in [0.2, 0.25) is 0 Å². The Balaban J connectivity index is 2.28. The lowest BCUT2D eigenvalue weighted by Crippen LogP contribution is -2.30. The van der Waals surface area contributed by atoms with Crippen molar-refractivity contribution in [1.29, 1.82) is 0 Å². The normalized spacial score (nSPS) is 12.7. The highest BCUT2D eigenvalue weighted by Crippen LogP contribution is 2.27. The summed E-state index contributed by atoms with van der Waals surface area (Å²) < 4.78 is 16.1. The molecule has 1 unspecified atom stereocenters. The number of hydrazine groups is 1. The van der Waals surface area contributed by atoms with Crippen LogP contribution in [0.4, 0.5) is 4.39 Å². The van der Waals surface area contributed by atoms with Gasteiger partial charge in [0.05, 0.1) is 11.7 Å². The Morgan fingerprint density at radius 3 is 2.89 bits per heavy atom. The summed E-state index contributed by atoms with van der Waals surface area (Å²) in [6.45, 7) is 0. The minimum atomic E-state index is -0.364. The Kier molecular flexibility index (Phi) is 4.05. The summed E-state index contributed by atoms with van der Waals surface area (Å²) in [7, 11) is 1.78. The first-order valence-corrected chi connectivity index (χ1v) is 6.16. The molecule has 0 bridgehead atoms. The van der Waals surface area contributed by atoms with E-state index in [-0.39, 0.29) is 11.9 Å². The smallest absolute Gasteiger partial charge is 0.129 e. The number of nitrogens with two attached hydrogens (primary N) is 1. The van der Waals surface area contributed by atoms with Crippen LogP contribution in [0, 0.1) is 5.82 Å². The van der Waals surface area contributed by atoms with E-state index in [0.717, 1.165) is 5.69 Å². The first-order valence-electron chi connectivity index (χ1n) is 5.37. The SMILES string of the molecule is Cn1cc(CC(NN)c2c(F)cccc2Br)nn1. The molecule has 0 amide bonds. The molecular formula is C11H13BrFN5. The van der Waals surface area contributed by atoms with Crippen LogP contribution < -0.4 is 11.3 Å². The number of hydrogen-bond acceptors (Lipinski definition) is 4. The van der Waals surface area contributed by atoms with Crippen LogP contribution >= 0.6 is 15.9 Å². The van der Waals surface area contributed by atoms with Crippen LogP contribution in [0.15, 0.2) is 28.9 Å². The van der Waals surface area contributed by atoms with Gasteiger partial charge in [-0.1, -0.05) is 27.2 Å². The third-order valence-electron chi connectivity index (χ3n) is 2.61. The summed E-state index contributed by atoms with van der Waals surface area (Å²) in [5, 5.41) is 7.80. The molecule has 0 aliphatic rings. The highest BCUT2D eigenvalue weighted by molar-refractivity contribution is 9.10. The lowest BCUT2D eigenvalue weighted by atomic mass is 10.0. The van der Waals surface area contributed by atoms with Gasteiger partial charge in [0.1, 0.15) is 5.82 Å². The fourth-order valence-corrected chi connectivity index (χ4v) is 2.40. The van der Waals surface area contributed by atoms with Gasteiger partial charge < -0.3 is 0 Å². The predicted octanol–water partition coefficient (Wildman–Crippen LogP) is 1.46. The maximum atomic E-state index is 13.8. The van der Waals surface area contributed by atoms with Crippen molar-refractivity contribution in [2.75, 3.05) is 0 Å². The van der Waals surface area contributed by atoms with E-state index in [1.807, 2.05) is 0 Å². The average molecular weight is 314 g/mol. The van der Waals surface area contributed by atoms with Crippen molar-refractivity contribution >= 4 is 15.9 Å². The molecule has 0 fully saturated rings. The van der Waals surface area contributed by atoms with Gasteiger partial charge >= 0.3 is 0 Å². The van der Waals surface area contributed by atoms with Gasteiger partial charge in [-0.15, -0.1) is 5.10 Å². The van der Waals surface area contributed by atoms with Crippen LogP contribution in [0.3, 0.4) is 0 Å². The molecule has 3 N–H and O–H groups in total. The molecule has 0 saturated heterocycles. The molecule has 0 saturated carbocycles. The molecule has 0 radical (unpaired) electrons. The molecule has 1 heterocycles. The zero-order chi connectivity index (χ0) is 13.1. The van der Waals surface area contributed by atoms with Gasteiger partial charge in [-0.05, 0) is 12.1 Å². The fraction of sp³-hybridized carbons (Fsp3) is 0.273. The molecule has 1 aromatic heterocycles. The molecule has 5 nitrogen and oxygen atoms in total. The lowest BCUT2D eigenvalue weighted by Gasteiger charge is -2.17. The summed E-state index contributed by atoms with van der Waals surface area (Å²) >= 11 is 3.33. The minimum Gasteiger partial charge on any atom is -0.271 e. The van der Waals surface area contributed by atoms with Crippen molar-refractivity contribution < 1.29 is 4.39 Å². The standard InChI is InChI=1S/C11H13BrFN5/c1-18-6-7(16-17-18)5-10(15-14)11-8(12)3-2-4-9(11)13/h2-4,6,10,15H,5,14H2,1H3. The minimum absolute atomic E-state index is 0.309. The number of nitrogens with one attached hydrogen (secondary N) is 1. The summed E-state index contributed by atoms with van der Waals surface area (Å²) in [4.78, 5) is 0. The number of nitrogens with zero attached hydrogens (tertiary/aromatic N) is 3. The molecular weight excluding hydrogens is 301 g/mol. The summed E-state index contributed by atoms with van der Waals surface area (Å²) in [5.74, 6) is 5.20. The molecule has 1 atom stereocenters. The molecule has 1 aromatic carbocycles. The van der Waals surface area contributed by atoms with E-state index in [0.29, 0.717) is 16.5 Å². The second-order valence-electron chi connectivity index (χ2n) is 3.94. The molecule has 18 heavy (non-hydrogen) atoms. The zero-order valence-corrected chi connectivity index (χ0v) is 11.4. The number of aromatic nitrogens is 3. The quantitative estimate of drug-likeness (QED) is 0.662. The van der Waals surface area contributed by atoms with Crippen molar-refractivity contribution in [3.05, 3.63) is 45.9 Å². The Morgan fingerprint density at radius 1 is 1.56 bits per heavy atom. The summed E-state index contributed by atoms with van der Waals surface area (Å²) in [6, 6.07) is 4.46. The predicted molar refractivity (Wildman–Crippen MR) is 68.9 cm³/mol. The Morgan fingerprint density at radius 2 is 2.33 bits per heavy atom. The first kappa shape index (κ1) is 13.1. The molecule has 0 spiro atoms. The van der Waals surface area contributed by atoms with Crippen LogP contribution in [0.25, 0.3) is 0 Å². The van der Waals surface area contributed by atoms with Gasteiger partial charge in [-0.2, -0.15) is 0 Å². The van der Waals surface area contributed by atoms with Gasteiger partial charge in [-0.3, -0.25) is 16.0 Å². The van der Waals surface area contributed by atoms with E-state index in [1.54, 1.807) is 30.1 Å². The topological polar surface area (TPSA) is 68.8 Å². The monoisotopic (exact) mass is 313 g/mol. The number of aryl methyl sites for hydroxylation is 1. The molecule has 2 rings (SSSR count). The van der Waals surface area contributed by atoms with E-state index in [2.05, 4.69) is 31.7 Å². The van der Waals surface area contributed by atoms with Crippen molar-refractivity contribution in [1.82, 2.24) is 20.4 Å². The van der Waals surface area contributed by atoms with Gasteiger partial charge in [0.2, 0.25) is 0 Å². The first-order chi connectivity index (χ1) is 8.61. The Bertz CT molecular complexity index is 522. The van der Waals surface area contributed by atoms with Crippen molar-refractivity contribution in [2.45, 2.75) is 12.5 Å². The van der Waals surface area contributed by atoms with Crippen molar-refractivity contribution in [3.8, 4) is 0 Å². The molecule has 7 heteroatoms. The largest absolute Gasteiger partial charge is 0.271 e. The highest BCUT2D eigenvalue weighted by Gasteiger charge is 2.19. The Labute approximate surface area is 112 Å². The van der Waals surface area contributed by atoms with Crippen LogP contribution in [0.5, 0.6) is 0 Å². The van der Waals surface area contributed by atoms with Crippen LogP contribution in [0.1, 0.15) is 17.3 Å². The van der Waals surface area contributed by atoms with Gasteiger partial charge in [-0.25, -0.2) is 4.39 Å². The third kappa shape index (κ3) is 2.74. The molecule has 96 valence electrons. The van der Waals surface area contributed by atoms with E-state index in [9.17, 15) is 4.39 Å². The van der Waals surface area contributed by atoms with Crippen molar-refractivity contribution in [3.63, 3.8) is 0 Å². The second kappa shape index (κ2) is 5.55. The van der Waals surface area contributed by atoms with Gasteiger partial charge in [0, 0.05) is 29.7 Å².